The molecule has 0 bridgehead atoms. The third kappa shape index (κ3) is 2.86. The first-order valence-corrected chi connectivity index (χ1v) is 7.41. The number of esters is 1. The number of benzene rings is 1. The highest BCUT2D eigenvalue weighted by atomic mass is 16.5. The van der Waals surface area contributed by atoms with Crippen molar-refractivity contribution in [3.63, 3.8) is 0 Å². The normalized spacial score (nSPS) is 10.8. The number of nitrogens with zero attached hydrogens (tertiary/aromatic N) is 2. The van der Waals surface area contributed by atoms with Gasteiger partial charge in [0.2, 0.25) is 0 Å². The third-order valence-corrected chi connectivity index (χ3v) is 3.75. The number of aromatic hydroxyl groups is 1. The fourth-order valence-corrected chi connectivity index (χ4v) is 2.42. The minimum absolute atomic E-state index is 0.0868. The van der Waals surface area contributed by atoms with Gasteiger partial charge >= 0.3 is 5.97 Å². The Balaban J connectivity index is 1.86. The summed E-state index contributed by atoms with van der Waals surface area (Å²) in [5.41, 5.74) is 2.15. The lowest BCUT2D eigenvalue weighted by molar-refractivity contribution is 0.0464. The van der Waals surface area contributed by atoms with Gasteiger partial charge in [-0.25, -0.2) is 9.78 Å². The van der Waals surface area contributed by atoms with E-state index in [1.165, 1.54) is 16.5 Å². The lowest BCUT2D eigenvalue weighted by Gasteiger charge is -2.09. The summed E-state index contributed by atoms with van der Waals surface area (Å²) in [6.45, 7) is 3.40. The number of phenolic OH excluding ortho intramolecular Hbond substituents is 1. The zero-order valence-electron chi connectivity index (χ0n) is 13.3. The van der Waals surface area contributed by atoms with Gasteiger partial charge in [0, 0.05) is 12.3 Å². The molecule has 0 fully saturated rings. The molecule has 3 rings (SSSR count). The van der Waals surface area contributed by atoms with Gasteiger partial charge in [-0.05, 0) is 37.1 Å². The van der Waals surface area contributed by atoms with E-state index in [1.54, 1.807) is 31.3 Å². The van der Waals surface area contributed by atoms with Crippen LogP contribution in [-0.4, -0.2) is 20.5 Å². The van der Waals surface area contributed by atoms with E-state index in [0.29, 0.717) is 16.9 Å². The van der Waals surface area contributed by atoms with Gasteiger partial charge in [0.15, 0.2) is 0 Å². The topological polar surface area (TPSA) is 80.9 Å². The fourth-order valence-electron chi connectivity index (χ4n) is 2.42. The van der Waals surface area contributed by atoms with Crippen molar-refractivity contribution in [2.24, 2.45) is 0 Å². The first-order valence-electron chi connectivity index (χ1n) is 7.41. The molecule has 0 aliphatic heterocycles. The summed E-state index contributed by atoms with van der Waals surface area (Å²) in [5.74, 6) is -0.770. The van der Waals surface area contributed by atoms with Crippen LogP contribution in [0.2, 0.25) is 0 Å². The molecule has 6 nitrogen and oxygen atoms in total. The Bertz CT molecular complexity index is 992. The van der Waals surface area contributed by atoms with Crippen LogP contribution in [0.1, 0.15) is 27.2 Å². The van der Waals surface area contributed by atoms with Crippen LogP contribution in [0.3, 0.4) is 0 Å². The molecule has 24 heavy (non-hydrogen) atoms. The average molecular weight is 324 g/mol. The Hall–Kier alpha value is -3.15. The molecule has 0 aliphatic rings. The molecule has 6 heteroatoms. The van der Waals surface area contributed by atoms with Gasteiger partial charge in [0.05, 0.1) is 5.69 Å². The molecule has 0 amide bonds. The van der Waals surface area contributed by atoms with Gasteiger partial charge in [-0.15, -0.1) is 0 Å². The molecule has 0 aliphatic carbocycles. The summed E-state index contributed by atoms with van der Waals surface area (Å²) >= 11 is 0. The maximum absolute atomic E-state index is 12.1. The van der Waals surface area contributed by atoms with Crippen molar-refractivity contribution in [1.82, 2.24) is 9.38 Å². The molecular weight excluding hydrogens is 308 g/mol. The molecule has 0 saturated heterocycles. The number of carbonyl (C=O) groups excluding carboxylic acids is 1. The number of para-hydroxylation sites is 1. The van der Waals surface area contributed by atoms with Gasteiger partial charge in [0.1, 0.15) is 23.6 Å². The smallest absolute Gasteiger partial charge is 0.342 e. The molecule has 0 saturated carbocycles. The van der Waals surface area contributed by atoms with Gasteiger partial charge in [-0.3, -0.25) is 9.20 Å². The summed E-state index contributed by atoms with van der Waals surface area (Å²) in [6, 6.07) is 9.79. The highest BCUT2D eigenvalue weighted by molar-refractivity contribution is 5.92. The largest absolute Gasteiger partial charge is 0.507 e. The Morgan fingerprint density at radius 1 is 1.21 bits per heavy atom. The summed E-state index contributed by atoms with van der Waals surface area (Å²) < 4.78 is 6.62. The van der Waals surface area contributed by atoms with Crippen molar-refractivity contribution in [1.29, 1.82) is 0 Å². The van der Waals surface area contributed by atoms with Gasteiger partial charge in [-0.1, -0.05) is 18.2 Å². The van der Waals surface area contributed by atoms with Crippen LogP contribution in [0.25, 0.3) is 5.65 Å². The van der Waals surface area contributed by atoms with Gasteiger partial charge in [0.25, 0.3) is 5.56 Å². The van der Waals surface area contributed by atoms with Crippen molar-refractivity contribution >= 4 is 11.6 Å². The van der Waals surface area contributed by atoms with E-state index in [0.717, 1.165) is 5.56 Å². The summed E-state index contributed by atoms with van der Waals surface area (Å²) in [5, 5.41) is 9.92. The molecule has 1 N–H and O–H groups in total. The van der Waals surface area contributed by atoms with Crippen LogP contribution in [0.5, 0.6) is 5.75 Å². The number of pyridine rings is 1. The predicted molar refractivity (Wildman–Crippen MR) is 88.2 cm³/mol. The Labute approximate surface area is 138 Å². The van der Waals surface area contributed by atoms with Crippen LogP contribution in [0.15, 0.2) is 47.4 Å². The molecule has 122 valence electrons. The maximum Gasteiger partial charge on any atom is 0.342 e. The zero-order chi connectivity index (χ0) is 17.3. The second-order valence-corrected chi connectivity index (χ2v) is 5.52. The van der Waals surface area contributed by atoms with E-state index >= 15 is 0 Å². The third-order valence-electron chi connectivity index (χ3n) is 3.75. The molecule has 0 spiro atoms. The molecule has 0 unspecified atom stereocenters. The molecule has 0 radical (unpaired) electrons. The summed E-state index contributed by atoms with van der Waals surface area (Å²) in [6.07, 6.45) is 1.64. The first kappa shape index (κ1) is 15.7. The second-order valence-electron chi connectivity index (χ2n) is 5.52. The van der Waals surface area contributed by atoms with E-state index in [-0.39, 0.29) is 23.5 Å². The lowest BCUT2D eigenvalue weighted by Crippen LogP contribution is -2.17. The Morgan fingerprint density at radius 2 is 1.96 bits per heavy atom. The Kier molecular flexibility index (Phi) is 4.04. The standard InChI is InChI=1S/C18H16N2O4/c1-11-5-3-7-14(16(11)22)18(23)24-10-13-9-15(21)20-8-4-6-12(2)17(20)19-13/h3-9,22H,10H2,1-2H3. The van der Waals surface area contributed by atoms with Crippen LogP contribution in [0, 0.1) is 13.8 Å². The molecular formula is C18H16N2O4. The van der Waals surface area contributed by atoms with E-state index < -0.39 is 5.97 Å². The van der Waals surface area contributed by atoms with E-state index in [1.807, 2.05) is 13.0 Å². The van der Waals surface area contributed by atoms with Crippen molar-refractivity contribution in [2.75, 3.05) is 0 Å². The lowest BCUT2D eigenvalue weighted by atomic mass is 10.1. The van der Waals surface area contributed by atoms with Crippen LogP contribution in [-0.2, 0) is 11.3 Å². The van der Waals surface area contributed by atoms with Crippen LogP contribution in [0.4, 0.5) is 0 Å². The first-order chi connectivity index (χ1) is 11.5. The van der Waals surface area contributed by atoms with Gasteiger partial charge in [-0.2, -0.15) is 0 Å². The molecule has 3 aromatic rings. The number of ether oxygens (including phenoxy) is 1. The van der Waals surface area contributed by atoms with E-state index in [9.17, 15) is 14.7 Å². The average Bonchev–Trinajstić information content (AvgIpc) is 2.56. The maximum atomic E-state index is 12.1. The van der Waals surface area contributed by atoms with Crippen molar-refractivity contribution in [3.05, 3.63) is 75.3 Å². The number of hydrogen-bond donors (Lipinski definition) is 1. The number of aryl methyl sites for hydroxylation is 2. The van der Waals surface area contributed by atoms with E-state index in [2.05, 4.69) is 4.98 Å². The number of rotatable bonds is 3. The SMILES string of the molecule is Cc1cccc(C(=O)OCc2cc(=O)n3cccc(C)c3n2)c1O. The van der Waals surface area contributed by atoms with Crippen LogP contribution < -0.4 is 5.56 Å². The monoisotopic (exact) mass is 324 g/mol. The van der Waals surface area contributed by atoms with Crippen molar-refractivity contribution in [2.45, 2.75) is 20.5 Å². The van der Waals surface area contributed by atoms with Crippen molar-refractivity contribution in [3.8, 4) is 5.75 Å². The predicted octanol–water partition coefficient (Wildman–Crippen LogP) is 2.37. The molecule has 2 heterocycles. The number of hydrogen-bond acceptors (Lipinski definition) is 5. The minimum atomic E-state index is -0.664. The quantitative estimate of drug-likeness (QED) is 0.748. The molecule has 2 aromatic heterocycles. The number of aromatic nitrogens is 2. The summed E-state index contributed by atoms with van der Waals surface area (Å²) in [7, 11) is 0. The fraction of sp³-hybridized carbons (Fsp3) is 0.167. The van der Waals surface area contributed by atoms with Gasteiger partial charge < -0.3 is 9.84 Å². The van der Waals surface area contributed by atoms with Crippen LogP contribution >= 0.6 is 0 Å². The second kappa shape index (κ2) is 6.16. The highest BCUT2D eigenvalue weighted by Crippen LogP contribution is 2.22. The molecule has 0 atom stereocenters. The van der Waals surface area contributed by atoms with E-state index in [4.69, 9.17) is 4.74 Å². The number of fused-ring (bicyclic) bond motifs is 1. The number of phenols is 1. The number of carbonyl (C=O) groups is 1. The minimum Gasteiger partial charge on any atom is -0.507 e. The Morgan fingerprint density at radius 3 is 2.75 bits per heavy atom. The van der Waals surface area contributed by atoms with Crippen molar-refractivity contribution < 1.29 is 14.6 Å². The zero-order valence-corrected chi connectivity index (χ0v) is 13.3. The summed E-state index contributed by atoms with van der Waals surface area (Å²) in [4.78, 5) is 28.6. The molecule has 1 aromatic carbocycles. The highest BCUT2D eigenvalue weighted by Gasteiger charge is 2.15.